The minimum absolute atomic E-state index is 0.864. The molecule has 0 bridgehead atoms. The number of hydrogen-bond acceptors (Lipinski definition) is 4. The smallest absolute Gasteiger partial charge is 0.0798 e. The van der Waals surface area contributed by atoms with Crippen molar-refractivity contribution in [2.24, 2.45) is 0 Å². The molecule has 86 valence electrons. The molecular formula is C11H20N2OS. The third-order valence-electron chi connectivity index (χ3n) is 2.12. The zero-order chi connectivity index (χ0) is 10.9. The highest BCUT2D eigenvalue weighted by atomic mass is 32.1. The van der Waals surface area contributed by atoms with E-state index in [-0.39, 0.29) is 0 Å². The van der Waals surface area contributed by atoms with Crippen LogP contribution in [0.1, 0.15) is 30.3 Å². The van der Waals surface area contributed by atoms with Crippen LogP contribution in [0.25, 0.3) is 0 Å². The highest BCUT2D eigenvalue weighted by Gasteiger charge is 1.99. The van der Waals surface area contributed by atoms with Gasteiger partial charge in [0.2, 0.25) is 0 Å². The summed E-state index contributed by atoms with van der Waals surface area (Å²) in [7, 11) is 0. The second-order valence-electron chi connectivity index (χ2n) is 3.50. The number of ether oxygens (including phenoxy) is 1. The van der Waals surface area contributed by atoms with Gasteiger partial charge < -0.3 is 10.1 Å². The van der Waals surface area contributed by atoms with Crippen molar-refractivity contribution in [3.63, 3.8) is 0 Å². The summed E-state index contributed by atoms with van der Waals surface area (Å²) in [6.07, 6.45) is 2.19. The first-order valence-corrected chi connectivity index (χ1v) is 6.40. The SMILES string of the molecule is CCCOCCCNCc1scnc1C. The number of hydrogen-bond donors (Lipinski definition) is 1. The Morgan fingerprint density at radius 2 is 2.33 bits per heavy atom. The van der Waals surface area contributed by atoms with Crippen molar-refractivity contribution in [1.82, 2.24) is 10.3 Å². The Morgan fingerprint density at radius 1 is 1.47 bits per heavy atom. The van der Waals surface area contributed by atoms with Gasteiger partial charge in [-0.25, -0.2) is 4.98 Å². The van der Waals surface area contributed by atoms with E-state index in [1.807, 2.05) is 5.51 Å². The van der Waals surface area contributed by atoms with Crippen molar-refractivity contribution in [3.8, 4) is 0 Å². The van der Waals surface area contributed by atoms with E-state index in [0.29, 0.717) is 0 Å². The fraction of sp³-hybridized carbons (Fsp3) is 0.727. The Hall–Kier alpha value is -0.450. The molecule has 0 unspecified atom stereocenters. The van der Waals surface area contributed by atoms with E-state index in [4.69, 9.17) is 4.74 Å². The molecule has 0 spiro atoms. The lowest BCUT2D eigenvalue weighted by Crippen LogP contribution is -2.16. The molecular weight excluding hydrogens is 208 g/mol. The van der Waals surface area contributed by atoms with E-state index in [0.717, 1.165) is 44.8 Å². The molecule has 1 heterocycles. The van der Waals surface area contributed by atoms with Gasteiger partial charge in [-0.05, 0) is 26.3 Å². The van der Waals surface area contributed by atoms with Crippen LogP contribution in [0.2, 0.25) is 0 Å². The van der Waals surface area contributed by atoms with Crippen LogP contribution in [-0.2, 0) is 11.3 Å². The molecule has 0 radical (unpaired) electrons. The second kappa shape index (κ2) is 7.79. The number of aromatic nitrogens is 1. The molecule has 0 saturated carbocycles. The van der Waals surface area contributed by atoms with Crippen LogP contribution in [0.3, 0.4) is 0 Å². The van der Waals surface area contributed by atoms with Gasteiger partial charge in [-0.3, -0.25) is 0 Å². The van der Waals surface area contributed by atoms with Crippen LogP contribution >= 0.6 is 11.3 Å². The van der Waals surface area contributed by atoms with Gasteiger partial charge in [-0.1, -0.05) is 6.92 Å². The largest absolute Gasteiger partial charge is 0.381 e. The van der Waals surface area contributed by atoms with Gasteiger partial charge in [-0.15, -0.1) is 11.3 Å². The van der Waals surface area contributed by atoms with Crippen LogP contribution < -0.4 is 5.32 Å². The number of nitrogens with zero attached hydrogens (tertiary/aromatic N) is 1. The normalized spacial score (nSPS) is 10.8. The van der Waals surface area contributed by atoms with Gasteiger partial charge in [0, 0.05) is 24.6 Å². The molecule has 0 aliphatic rings. The van der Waals surface area contributed by atoms with E-state index < -0.39 is 0 Å². The van der Waals surface area contributed by atoms with Gasteiger partial charge in [0.25, 0.3) is 0 Å². The standard InChI is InChI=1S/C11H20N2OS/c1-3-6-14-7-4-5-12-8-11-10(2)13-9-15-11/h9,12H,3-8H2,1-2H3. The van der Waals surface area contributed by atoms with Crippen molar-refractivity contribution in [1.29, 1.82) is 0 Å². The quantitative estimate of drug-likeness (QED) is 0.694. The summed E-state index contributed by atoms with van der Waals surface area (Å²) in [6, 6.07) is 0. The summed E-state index contributed by atoms with van der Waals surface area (Å²) in [5.74, 6) is 0. The lowest BCUT2D eigenvalue weighted by atomic mass is 10.4. The zero-order valence-corrected chi connectivity index (χ0v) is 10.4. The molecule has 1 aromatic rings. The summed E-state index contributed by atoms with van der Waals surface area (Å²) in [5, 5.41) is 3.40. The molecule has 4 heteroatoms. The first kappa shape index (κ1) is 12.6. The first-order valence-electron chi connectivity index (χ1n) is 5.52. The molecule has 1 aromatic heterocycles. The molecule has 3 nitrogen and oxygen atoms in total. The van der Waals surface area contributed by atoms with Gasteiger partial charge in [0.05, 0.1) is 11.2 Å². The molecule has 0 aromatic carbocycles. The third kappa shape index (κ3) is 5.25. The molecule has 0 aliphatic heterocycles. The van der Waals surface area contributed by atoms with E-state index in [2.05, 4.69) is 24.1 Å². The van der Waals surface area contributed by atoms with Crippen molar-refractivity contribution >= 4 is 11.3 Å². The molecule has 0 amide bonds. The maximum Gasteiger partial charge on any atom is 0.0798 e. The lowest BCUT2D eigenvalue weighted by molar-refractivity contribution is 0.132. The Balaban J connectivity index is 1.96. The Morgan fingerprint density at radius 3 is 3.00 bits per heavy atom. The highest BCUT2D eigenvalue weighted by molar-refractivity contribution is 7.09. The zero-order valence-electron chi connectivity index (χ0n) is 9.58. The average Bonchev–Trinajstić information content (AvgIpc) is 2.63. The maximum atomic E-state index is 5.39. The van der Waals surface area contributed by atoms with Crippen molar-refractivity contribution in [2.75, 3.05) is 19.8 Å². The minimum atomic E-state index is 0.864. The molecule has 0 saturated heterocycles. The van der Waals surface area contributed by atoms with E-state index >= 15 is 0 Å². The first-order chi connectivity index (χ1) is 7.34. The van der Waals surface area contributed by atoms with Crippen molar-refractivity contribution < 1.29 is 4.74 Å². The predicted octanol–water partition coefficient (Wildman–Crippen LogP) is 2.36. The van der Waals surface area contributed by atoms with Gasteiger partial charge >= 0.3 is 0 Å². The summed E-state index contributed by atoms with van der Waals surface area (Å²) in [6.45, 7) is 7.88. The highest BCUT2D eigenvalue weighted by Crippen LogP contribution is 2.10. The number of aryl methyl sites for hydroxylation is 1. The molecule has 0 atom stereocenters. The topological polar surface area (TPSA) is 34.1 Å². The van der Waals surface area contributed by atoms with Gasteiger partial charge in [0.1, 0.15) is 0 Å². The Labute approximate surface area is 95.9 Å². The fourth-order valence-electron chi connectivity index (χ4n) is 1.24. The second-order valence-corrected chi connectivity index (χ2v) is 4.44. The monoisotopic (exact) mass is 228 g/mol. The molecule has 1 N–H and O–H groups in total. The molecule has 1 rings (SSSR count). The molecule has 0 fully saturated rings. The van der Waals surface area contributed by atoms with E-state index in [9.17, 15) is 0 Å². The van der Waals surface area contributed by atoms with Crippen LogP contribution in [0.4, 0.5) is 0 Å². The minimum Gasteiger partial charge on any atom is -0.381 e. The summed E-state index contributed by atoms with van der Waals surface area (Å²) >= 11 is 1.72. The molecule has 15 heavy (non-hydrogen) atoms. The Bertz CT molecular complexity index is 263. The lowest BCUT2D eigenvalue weighted by Gasteiger charge is -2.04. The van der Waals surface area contributed by atoms with Crippen LogP contribution in [-0.4, -0.2) is 24.7 Å². The predicted molar refractivity (Wildman–Crippen MR) is 64.3 cm³/mol. The van der Waals surface area contributed by atoms with Crippen LogP contribution in [0.15, 0.2) is 5.51 Å². The van der Waals surface area contributed by atoms with Crippen LogP contribution in [0, 0.1) is 6.92 Å². The maximum absolute atomic E-state index is 5.39. The van der Waals surface area contributed by atoms with E-state index in [1.165, 1.54) is 4.88 Å². The number of rotatable bonds is 8. The van der Waals surface area contributed by atoms with Crippen LogP contribution in [0.5, 0.6) is 0 Å². The third-order valence-corrected chi connectivity index (χ3v) is 3.06. The summed E-state index contributed by atoms with van der Waals surface area (Å²) in [5.41, 5.74) is 3.05. The van der Waals surface area contributed by atoms with Crippen molar-refractivity contribution in [3.05, 3.63) is 16.1 Å². The van der Waals surface area contributed by atoms with E-state index in [1.54, 1.807) is 11.3 Å². The number of nitrogens with one attached hydrogen (secondary N) is 1. The Kier molecular flexibility index (Phi) is 6.55. The molecule has 0 aliphatic carbocycles. The number of thiazole rings is 1. The fourth-order valence-corrected chi connectivity index (χ4v) is 1.99. The summed E-state index contributed by atoms with van der Waals surface area (Å²) in [4.78, 5) is 5.55. The van der Waals surface area contributed by atoms with Gasteiger partial charge in [0.15, 0.2) is 0 Å². The van der Waals surface area contributed by atoms with Gasteiger partial charge in [-0.2, -0.15) is 0 Å². The average molecular weight is 228 g/mol. The summed E-state index contributed by atoms with van der Waals surface area (Å²) < 4.78 is 5.39. The van der Waals surface area contributed by atoms with Crippen molar-refractivity contribution in [2.45, 2.75) is 33.2 Å².